The molecule has 0 spiro atoms. The van der Waals surface area contributed by atoms with Gasteiger partial charge in [-0.05, 0) is 30.7 Å². The Morgan fingerprint density at radius 3 is 2.58 bits per heavy atom. The molecule has 4 heteroatoms. The summed E-state index contributed by atoms with van der Waals surface area (Å²) >= 11 is 0. The van der Waals surface area contributed by atoms with Crippen LogP contribution in [0, 0.1) is 0 Å². The molecule has 1 heterocycles. The number of rotatable bonds is 5. The number of hydrogen-bond donors (Lipinski definition) is 0. The maximum absolute atomic E-state index is 12.0. The molecule has 0 radical (unpaired) electrons. The Balaban J connectivity index is 1.83. The van der Waals surface area contributed by atoms with Crippen LogP contribution in [0.1, 0.15) is 18.1 Å². The molecular weight excluding hydrogens is 302 g/mol. The summed E-state index contributed by atoms with van der Waals surface area (Å²) in [5.41, 5.74) is 2.06. The second-order valence-electron chi connectivity index (χ2n) is 5.08. The molecule has 0 unspecified atom stereocenters. The van der Waals surface area contributed by atoms with Gasteiger partial charge in [0.15, 0.2) is 5.70 Å². The van der Waals surface area contributed by atoms with E-state index in [4.69, 9.17) is 9.47 Å². The number of para-hydroxylation sites is 1. The minimum absolute atomic E-state index is 0.259. The third-order valence-corrected chi connectivity index (χ3v) is 3.37. The van der Waals surface area contributed by atoms with E-state index in [0.717, 1.165) is 11.1 Å². The normalized spacial score (nSPS) is 15.6. The first-order valence-electron chi connectivity index (χ1n) is 7.74. The summed E-state index contributed by atoms with van der Waals surface area (Å²) < 4.78 is 10.7. The fourth-order valence-electron chi connectivity index (χ4n) is 2.26. The highest BCUT2D eigenvalue weighted by molar-refractivity contribution is 6.11. The number of esters is 1. The lowest BCUT2D eigenvalue weighted by Gasteiger charge is -2.06. The zero-order valence-electron chi connectivity index (χ0n) is 13.3. The van der Waals surface area contributed by atoms with Gasteiger partial charge in [0, 0.05) is 11.6 Å². The Morgan fingerprint density at radius 1 is 1.04 bits per heavy atom. The van der Waals surface area contributed by atoms with Gasteiger partial charge < -0.3 is 9.47 Å². The van der Waals surface area contributed by atoms with Gasteiger partial charge in [-0.3, -0.25) is 0 Å². The number of carbonyl (C=O) groups is 1. The molecule has 2 aromatic carbocycles. The van der Waals surface area contributed by atoms with E-state index >= 15 is 0 Å². The standard InChI is InChI=1S/C20H17NO3/c1-2-23-18-11-7-6-10-16(18)14-17-20(22)24-19(21-17)13-12-15-8-4-3-5-9-15/h3-14H,2H2,1H3/b13-12-,17-14-. The molecule has 3 rings (SSSR count). The van der Waals surface area contributed by atoms with Gasteiger partial charge in [-0.1, -0.05) is 48.5 Å². The first-order valence-corrected chi connectivity index (χ1v) is 7.74. The average molecular weight is 319 g/mol. The first-order chi connectivity index (χ1) is 11.8. The van der Waals surface area contributed by atoms with Crippen LogP contribution in [0.2, 0.25) is 0 Å². The number of carbonyl (C=O) groups excluding carboxylic acids is 1. The van der Waals surface area contributed by atoms with Crippen molar-refractivity contribution in [3.63, 3.8) is 0 Å². The molecule has 2 aromatic rings. The summed E-state index contributed by atoms with van der Waals surface area (Å²) in [5, 5.41) is 0. The lowest BCUT2D eigenvalue weighted by molar-refractivity contribution is -0.129. The molecule has 0 bridgehead atoms. The van der Waals surface area contributed by atoms with Crippen molar-refractivity contribution in [3.05, 3.63) is 77.5 Å². The summed E-state index contributed by atoms with van der Waals surface area (Å²) in [6.45, 7) is 2.47. The topological polar surface area (TPSA) is 47.9 Å². The van der Waals surface area contributed by atoms with Crippen molar-refractivity contribution in [2.24, 2.45) is 4.99 Å². The van der Waals surface area contributed by atoms with Crippen molar-refractivity contribution in [3.8, 4) is 5.75 Å². The van der Waals surface area contributed by atoms with Crippen LogP contribution in [0.5, 0.6) is 5.75 Å². The highest BCUT2D eigenvalue weighted by atomic mass is 16.6. The van der Waals surface area contributed by atoms with Crippen LogP contribution >= 0.6 is 0 Å². The number of nitrogens with zero attached hydrogens (tertiary/aromatic N) is 1. The largest absolute Gasteiger partial charge is 0.493 e. The highest BCUT2D eigenvalue weighted by Gasteiger charge is 2.21. The van der Waals surface area contributed by atoms with Gasteiger partial charge in [-0.25, -0.2) is 9.79 Å². The number of cyclic esters (lactones) is 1. The van der Waals surface area contributed by atoms with Gasteiger partial charge in [-0.2, -0.15) is 0 Å². The number of benzene rings is 2. The molecule has 0 aliphatic carbocycles. The molecule has 1 aliphatic heterocycles. The van der Waals surface area contributed by atoms with Crippen molar-refractivity contribution in [2.75, 3.05) is 6.61 Å². The minimum atomic E-state index is -0.464. The van der Waals surface area contributed by atoms with Crippen LogP contribution in [0.3, 0.4) is 0 Å². The average Bonchev–Trinajstić information content (AvgIpc) is 2.96. The smallest absolute Gasteiger partial charge is 0.363 e. The SMILES string of the molecule is CCOc1ccccc1/C=C1N=C(/C=C\c2ccccc2)OC\1=O. The lowest BCUT2D eigenvalue weighted by atomic mass is 10.1. The van der Waals surface area contributed by atoms with Crippen LogP contribution in [0.15, 0.2) is 71.4 Å². The van der Waals surface area contributed by atoms with Crippen molar-refractivity contribution >= 4 is 24.0 Å². The van der Waals surface area contributed by atoms with E-state index in [1.54, 1.807) is 12.2 Å². The van der Waals surface area contributed by atoms with Gasteiger partial charge in [0.1, 0.15) is 5.75 Å². The van der Waals surface area contributed by atoms with Crippen LogP contribution < -0.4 is 4.74 Å². The molecule has 0 atom stereocenters. The second-order valence-corrected chi connectivity index (χ2v) is 5.08. The zero-order chi connectivity index (χ0) is 16.8. The third kappa shape index (κ3) is 3.79. The maximum Gasteiger partial charge on any atom is 0.363 e. The first kappa shape index (κ1) is 15.7. The number of hydrogen-bond acceptors (Lipinski definition) is 4. The summed E-state index contributed by atoms with van der Waals surface area (Å²) in [4.78, 5) is 16.2. The van der Waals surface area contributed by atoms with Gasteiger partial charge in [0.2, 0.25) is 5.90 Å². The molecule has 1 aliphatic rings. The van der Waals surface area contributed by atoms with Crippen molar-refractivity contribution in [1.82, 2.24) is 0 Å². The zero-order valence-corrected chi connectivity index (χ0v) is 13.3. The summed E-state index contributed by atoms with van der Waals surface area (Å²) in [7, 11) is 0. The molecule has 0 fully saturated rings. The van der Waals surface area contributed by atoms with Crippen LogP contribution in [0.4, 0.5) is 0 Å². The summed E-state index contributed by atoms with van der Waals surface area (Å²) in [6, 6.07) is 17.3. The molecule has 0 saturated heterocycles. The maximum atomic E-state index is 12.0. The van der Waals surface area contributed by atoms with Gasteiger partial charge in [0.25, 0.3) is 0 Å². The number of ether oxygens (including phenoxy) is 2. The molecule has 0 saturated carbocycles. The molecular formula is C20H17NO3. The Morgan fingerprint density at radius 2 is 1.79 bits per heavy atom. The molecule has 0 amide bonds. The quantitative estimate of drug-likeness (QED) is 0.616. The van der Waals surface area contributed by atoms with Crippen molar-refractivity contribution < 1.29 is 14.3 Å². The van der Waals surface area contributed by atoms with Gasteiger partial charge in [0.05, 0.1) is 6.61 Å². The van der Waals surface area contributed by atoms with Crippen LogP contribution in [0.25, 0.3) is 12.2 Å². The van der Waals surface area contributed by atoms with Gasteiger partial charge in [-0.15, -0.1) is 0 Å². The Hall–Kier alpha value is -3.14. The molecule has 120 valence electrons. The summed E-state index contributed by atoms with van der Waals surface area (Å²) in [6.07, 6.45) is 5.21. The van der Waals surface area contributed by atoms with E-state index in [9.17, 15) is 4.79 Å². The molecule has 24 heavy (non-hydrogen) atoms. The van der Waals surface area contributed by atoms with Crippen molar-refractivity contribution in [1.29, 1.82) is 0 Å². The predicted octanol–water partition coefficient (Wildman–Crippen LogP) is 4.09. The Kier molecular flexibility index (Phi) is 4.87. The Bertz CT molecular complexity index is 820. The highest BCUT2D eigenvalue weighted by Crippen LogP contribution is 2.23. The van der Waals surface area contributed by atoms with E-state index in [-0.39, 0.29) is 11.6 Å². The van der Waals surface area contributed by atoms with E-state index in [0.29, 0.717) is 12.4 Å². The van der Waals surface area contributed by atoms with E-state index in [2.05, 4.69) is 4.99 Å². The number of aliphatic imine (C=N–C) groups is 1. The Labute approximate surface area is 140 Å². The van der Waals surface area contributed by atoms with Crippen molar-refractivity contribution in [2.45, 2.75) is 6.92 Å². The monoisotopic (exact) mass is 319 g/mol. The van der Waals surface area contributed by atoms with Crippen LogP contribution in [-0.2, 0) is 9.53 Å². The third-order valence-electron chi connectivity index (χ3n) is 3.37. The van der Waals surface area contributed by atoms with E-state index in [1.807, 2.05) is 67.6 Å². The summed E-state index contributed by atoms with van der Waals surface area (Å²) in [5.74, 6) is 0.529. The minimum Gasteiger partial charge on any atom is -0.493 e. The van der Waals surface area contributed by atoms with E-state index < -0.39 is 5.97 Å². The molecule has 0 aromatic heterocycles. The fraction of sp³-hybridized carbons (Fsp3) is 0.100. The van der Waals surface area contributed by atoms with Gasteiger partial charge >= 0.3 is 5.97 Å². The molecule has 4 nitrogen and oxygen atoms in total. The second kappa shape index (κ2) is 7.42. The molecule has 0 N–H and O–H groups in total. The van der Waals surface area contributed by atoms with Crippen LogP contribution in [-0.4, -0.2) is 18.5 Å². The fourth-order valence-corrected chi connectivity index (χ4v) is 2.26. The van der Waals surface area contributed by atoms with E-state index in [1.165, 1.54) is 0 Å². The lowest BCUT2D eigenvalue weighted by Crippen LogP contribution is -2.01. The predicted molar refractivity (Wildman–Crippen MR) is 94.6 cm³/mol.